The second kappa shape index (κ2) is 4.02. The molecule has 0 spiro atoms. The highest BCUT2D eigenvalue weighted by atomic mass is 16.3. The number of nitrogen functional groups attached to an aromatic ring is 1. The van der Waals surface area contributed by atoms with Crippen LogP contribution in [0.4, 0.5) is 5.69 Å². The Kier molecular flexibility index (Phi) is 2.45. The third kappa shape index (κ3) is 1.81. The molecule has 0 saturated heterocycles. The first-order valence-electron chi connectivity index (χ1n) is 6.08. The van der Waals surface area contributed by atoms with E-state index in [2.05, 4.69) is 11.1 Å². The molecule has 0 aliphatic rings. The molecule has 0 saturated carbocycles. The normalized spacial score (nSPS) is 11.1. The first-order valence-corrected chi connectivity index (χ1v) is 6.08. The first kappa shape index (κ1) is 11.6. The highest BCUT2D eigenvalue weighted by Gasteiger charge is 2.13. The molecule has 3 N–H and O–H groups in total. The number of benzene rings is 2. The summed E-state index contributed by atoms with van der Waals surface area (Å²) in [4.78, 5) is 4.60. The van der Waals surface area contributed by atoms with Gasteiger partial charge in [0, 0.05) is 18.8 Å². The summed E-state index contributed by atoms with van der Waals surface area (Å²) >= 11 is 0. The molecule has 4 heteroatoms. The number of fused-ring (bicyclic) bond motifs is 1. The fourth-order valence-corrected chi connectivity index (χ4v) is 2.29. The molecule has 3 rings (SSSR count). The molecule has 0 fully saturated rings. The average Bonchev–Trinajstić information content (AvgIpc) is 2.66. The lowest BCUT2D eigenvalue weighted by molar-refractivity contribution is 0.477. The molecule has 0 aliphatic heterocycles. The molecule has 1 aromatic heterocycles. The Bertz CT molecular complexity index is 774. The van der Waals surface area contributed by atoms with Crippen LogP contribution in [0.3, 0.4) is 0 Å². The zero-order valence-electron chi connectivity index (χ0n) is 10.9. The standard InChI is InChI=1S/C15H15N3O/c1-9-3-6-13-12(7-9)17-15(18(13)2)11-5-4-10(16)8-14(11)19/h3-8,19H,16H2,1-2H3. The Morgan fingerprint density at radius 2 is 1.95 bits per heavy atom. The zero-order chi connectivity index (χ0) is 13.6. The summed E-state index contributed by atoms with van der Waals surface area (Å²) < 4.78 is 1.97. The molecule has 96 valence electrons. The number of aryl methyl sites for hydroxylation is 2. The molecular formula is C15H15N3O. The van der Waals surface area contributed by atoms with E-state index in [9.17, 15) is 5.11 Å². The summed E-state index contributed by atoms with van der Waals surface area (Å²) in [6.07, 6.45) is 0. The summed E-state index contributed by atoms with van der Waals surface area (Å²) in [6, 6.07) is 11.2. The van der Waals surface area contributed by atoms with Crippen LogP contribution in [0.5, 0.6) is 5.75 Å². The van der Waals surface area contributed by atoms with E-state index >= 15 is 0 Å². The Morgan fingerprint density at radius 3 is 2.68 bits per heavy atom. The van der Waals surface area contributed by atoms with Crippen molar-refractivity contribution in [2.24, 2.45) is 7.05 Å². The molecule has 0 bridgehead atoms. The van der Waals surface area contributed by atoms with Crippen LogP contribution in [0.25, 0.3) is 22.4 Å². The van der Waals surface area contributed by atoms with Crippen LogP contribution in [0.15, 0.2) is 36.4 Å². The van der Waals surface area contributed by atoms with Crippen molar-refractivity contribution in [2.75, 3.05) is 5.73 Å². The number of imidazole rings is 1. The lowest BCUT2D eigenvalue weighted by atomic mass is 10.1. The van der Waals surface area contributed by atoms with Crippen molar-refractivity contribution < 1.29 is 5.11 Å². The molecule has 4 nitrogen and oxygen atoms in total. The maximum Gasteiger partial charge on any atom is 0.144 e. The van der Waals surface area contributed by atoms with E-state index in [0.29, 0.717) is 11.3 Å². The summed E-state index contributed by atoms with van der Waals surface area (Å²) in [7, 11) is 1.94. The monoisotopic (exact) mass is 253 g/mol. The Hall–Kier alpha value is -2.49. The summed E-state index contributed by atoms with van der Waals surface area (Å²) in [6.45, 7) is 2.04. The number of nitrogens with zero attached hydrogens (tertiary/aromatic N) is 2. The molecular weight excluding hydrogens is 238 g/mol. The molecule has 0 amide bonds. The highest BCUT2D eigenvalue weighted by Crippen LogP contribution is 2.32. The van der Waals surface area contributed by atoms with Gasteiger partial charge in [-0.05, 0) is 36.8 Å². The largest absolute Gasteiger partial charge is 0.507 e. The summed E-state index contributed by atoms with van der Waals surface area (Å²) in [5.41, 5.74) is 10.0. The molecule has 19 heavy (non-hydrogen) atoms. The fourth-order valence-electron chi connectivity index (χ4n) is 2.29. The van der Waals surface area contributed by atoms with Crippen LogP contribution in [-0.2, 0) is 7.05 Å². The van der Waals surface area contributed by atoms with Crippen LogP contribution in [0.2, 0.25) is 0 Å². The van der Waals surface area contributed by atoms with Crippen molar-refractivity contribution in [1.82, 2.24) is 9.55 Å². The highest BCUT2D eigenvalue weighted by molar-refractivity contribution is 5.82. The van der Waals surface area contributed by atoms with Crippen molar-refractivity contribution in [2.45, 2.75) is 6.92 Å². The van der Waals surface area contributed by atoms with Crippen molar-refractivity contribution in [3.05, 3.63) is 42.0 Å². The minimum atomic E-state index is 0.148. The van der Waals surface area contributed by atoms with Gasteiger partial charge in [0.25, 0.3) is 0 Å². The molecule has 0 atom stereocenters. The van der Waals surface area contributed by atoms with Gasteiger partial charge < -0.3 is 15.4 Å². The van der Waals surface area contributed by atoms with Gasteiger partial charge in [0.1, 0.15) is 11.6 Å². The van der Waals surface area contributed by atoms with E-state index in [0.717, 1.165) is 16.9 Å². The fraction of sp³-hybridized carbons (Fsp3) is 0.133. The Morgan fingerprint density at radius 1 is 1.16 bits per heavy atom. The van der Waals surface area contributed by atoms with E-state index in [1.807, 2.05) is 30.7 Å². The van der Waals surface area contributed by atoms with Crippen LogP contribution in [0, 0.1) is 6.92 Å². The summed E-state index contributed by atoms with van der Waals surface area (Å²) in [5.74, 6) is 0.883. The van der Waals surface area contributed by atoms with Gasteiger partial charge in [-0.3, -0.25) is 0 Å². The van der Waals surface area contributed by atoms with Gasteiger partial charge in [-0.2, -0.15) is 0 Å². The Balaban J connectivity index is 2.27. The molecule has 1 heterocycles. The molecule has 0 radical (unpaired) electrons. The van der Waals surface area contributed by atoms with Crippen molar-refractivity contribution in [3.8, 4) is 17.1 Å². The van der Waals surface area contributed by atoms with Gasteiger partial charge in [-0.15, -0.1) is 0 Å². The van der Waals surface area contributed by atoms with Gasteiger partial charge in [-0.25, -0.2) is 4.98 Å². The lowest BCUT2D eigenvalue weighted by Crippen LogP contribution is -1.93. The predicted molar refractivity (Wildman–Crippen MR) is 77.0 cm³/mol. The number of rotatable bonds is 1. The topological polar surface area (TPSA) is 64.1 Å². The van der Waals surface area contributed by atoms with Crippen molar-refractivity contribution in [3.63, 3.8) is 0 Å². The second-order valence-corrected chi connectivity index (χ2v) is 4.76. The molecule has 3 aromatic rings. The van der Waals surface area contributed by atoms with E-state index in [4.69, 9.17) is 5.73 Å². The van der Waals surface area contributed by atoms with E-state index in [-0.39, 0.29) is 5.75 Å². The van der Waals surface area contributed by atoms with Gasteiger partial charge in [0.15, 0.2) is 0 Å². The number of nitrogens with two attached hydrogens (primary N) is 1. The second-order valence-electron chi connectivity index (χ2n) is 4.76. The van der Waals surface area contributed by atoms with E-state index < -0.39 is 0 Å². The van der Waals surface area contributed by atoms with E-state index in [1.165, 1.54) is 5.56 Å². The average molecular weight is 253 g/mol. The third-order valence-corrected chi connectivity index (χ3v) is 3.30. The van der Waals surface area contributed by atoms with Gasteiger partial charge in [-0.1, -0.05) is 6.07 Å². The number of aromatic hydroxyl groups is 1. The van der Waals surface area contributed by atoms with Crippen LogP contribution >= 0.6 is 0 Å². The first-order chi connectivity index (χ1) is 9.06. The lowest BCUT2D eigenvalue weighted by Gasteiger charge is -2.05. The molecule has 0 unspecified atom stereocenters. The van der Waals surface area contributed by atoms with Crippen LogP contribution in [-0.4, -0.2) is 14.7 Å². The smallest absolute Gasteiger partial charge is 0.144 e. The van der Waals surface area contributed by atoms with Crippen molar-refractivity contribution in [1.29, 1.82) is 0 Å². The quantitative estimate of drug-likeness (QED) is 0.655. The third-order valence-electron chi connectivity index (χ3n) is 3.30. The predicted octanol–water partition coefficient (Wildman–Crippen LogP) is 2.84. The maximum absolute atomic E-state index is 10.0. The number of hydrogen-bond acceptors (Lipinski definition) is 3. The molecule has 0 aliphatic carbocycles. The van der Waals surface area contributed by atoms with Gasteiger partial charge in [0.2, 0.25) is 0 Å². The van der Waals surface area contributed by atoms with Gasteiger partial charge in [0.05, 0.1) is 16.6 Å². The Labute approximate surface area is 111 Å². The summed E-state index contributed by atoms with van der Waals surface area (Å²) in [5, 5.41) is 10.0. The minimum Gasteiger partial charge on any atom is -0.507 e. The van der Waals surface area contributed by atoms with Crippen molar-refractivity contribution >= 4 is 16.7 Å². The SMILES string of the molecule is Cc1ccc2c(c1)nc(-c1ccc(N)cc1O)n2C. The molecule has 2 aromatic carbocycles. The minimum absolute atomic E-state index is 0.148. The number of anilines is 1. The maximum atomic E-state index is 10.0. The van der Waals surface area contributed by atoms with E-state index in [1.54, 1.807) is 18.2 Å². The number of hydrogen-bond donors (Lipinski definition) is 2. The van der Waals surface area contributed by atoms with Crippen LogP contribution in [0.1, 0.15) is 5.56 Å². The zero-order valence-corrected chi connectivity index (χ0v) is 10.9. The number of phenols is 1. The van der Waals surface area contributed by atoms with Crippen LogP contribution < -0.4 is 5.73 Å². The number of phenolic OH excluding ortho intramolecular Hbond substituents is 1. The van der Waals surface area contributed by atoms with Gasteiger partial charge >= 0.3 is 0 Å². The number of aromatic nitrogens is 2.